The van der Waals surface area contributed by atoms with Gasteiger partial charge in [0.2, 0.25) is 5.91 Å². The lowest BCUT2D eigenvalue weighted by Crippen LogP contribution is -2.48. The molecule has 0 saturated carbocycles. The van der Waals surface area contributed by atoms with E-state index in [2.05, 4.69) is 0 Å². The van der Waals surface area contributed by atoms with E-state index in [1.807, 2.05) is 13.8 Å². The molecular weight excluding hydrogens is 271 g/mol. The molecule has 0 aromatic carbocycles. The molecular formula is C14H27BN2O4. The van der Waals surface area contributed by atoms with E-state index in [0.717, 1.165) is 6.42 Å². The number of carbonyl (C=O) groups is 2. The number of hydrogen-bond acceptors (Lipinski definition) is 5. The zero-order chi connectivity index (χ0) is 16.2. The Labute approximate surface area is 126 Å². The van der Waals surface area contributed by atoms with Gasteiger partial charge in [-0.2, -0.15) is 0 Å². The lowest BCUT2D eigenvalue weighted by atomic mass is 9.77. The minimum atomic E-state index is -1.53. The predicted octanol–water partition coefficient (Wildman–Crippen LogP) is -0.0419. The summed E-state index contributed by atoms with van der Waals surface area (Å²) >= 11 is 0. The Morgan fingerprint density at radius 2 is 1.95 bits per heavy atom. The lowest BCUT2D eigenvalue weighted by molar-refractivity contribution is -0.137. The minimum Gasteiger partial charge on any atom is -0.426 e. The number of Topliss-reactive ketones (excluding diaryl/α,β-unsaturated/α-hetero) is 1. The van der Waals surface area contributed by atoms with Gasteiger partial charge < -0.3 is 20.7 Å². The predicted molar refractivity (Wildman–Crippen MR) is 81.1 cm³/mol. The van der Waals surface area contributed by atoms with Crippen LogP contribution in [0, 0.1) is 11.8 Å². The van der Waals surface area contributed by atoms with Gasteiger partial charge in [0, 0.05) is 18.9 Å². The number of hydrogen-bond donors (Lipinski definition) is 3. The molecule has 1 aliphatic rings. The summed E-state index contributed by atoms with van der Waals surface area (Å²) in [5.41, 5.74) is 5.84. The second-order valence-corrected chi connectivity index (χ2v) is 6.46. The molecule has 1 amide bonds. The molecule has 0 aromatic heterocycles. The highest BCUT2D eigenvalue weighted by atomic mass is 16.4. The Morgan fingerprint density at radius 1 is 1.33 bits per heavy atom. The van der Waals surface area contributed by atoms with Crippen LogP contribution in [0.4, 0.5) is 0 Å². The fraction of sp³-hybridized carbons (Fsp3) is 0.857. The molecule has 1 aliphatic heterocycles. The van der Waals surface area contributed by atoms with Gasteiger partial charge in [-0.1, -0.05) is 20.8 Å². The quantitative estimate of drug-likeness (QED) is 0.572. The summed E-state index contributed by atoms with van der Waals surface area (Å²) in [6, 6.07) is -0.530. The standard InChI is InChI=1S/C14H27BN2O4/c1-9(2)7-11(16)12(18)8-10(3)14(19)17-6-4-5-13(17)15(20)21/h9-11,13,20-21H,4-8,16H2,1-3H3. The molecule has 1 fully saturated rings. The van der Waals surface area contributed by atoms with Crippen molar-refractivity contribution in [1.29, 1.82) is 0 Å². The molecule has 1 rings (SSSR count). The zero-order valence-electron chi connectivity index (χ0n) is 13.2. The maximum absolute atomic E-state index is 12.4. The monoisotopic (exact) mass is 298 g/mol. The molecule has 0 aliphatic carbocycles. The summed E-state index contributed by atoms with van der Waals surface area (Å²) in [7, 11) is -1.53. The average Bonchev–Trinajstić information content (AvgIpc) is 2.85. The molecule has 1 saturated heterocycles. The number of nitrogens with zero attached hydrogens (tertiary/aromatic N) is 1. The summed E-state index contributed by atoms with van der Waals surface area (Å²) in [5.74, 6) is -1.00. The highest BCUT2D eigenvalue weighted by Crippen LogP contribution is 2.22. The molecule has 1 heterocycles. The Bertz CT molecular complexity index is 376. The van der Waals surface area contributed by atoms with Crippen molar-refractivity contribution >= 4 is 18.8 Å². The van der Waals surface area contributed by atoms with Gasteiger partial charge in [0.15, 0.2) is 0 Å². The molecule has 0 aromatic rings. The van der Waals surface area contributed by atoms with Crippen LogP contribution in [0.15, 0.2) is 0 Å². The Morgan fingerprint density at radius 3 is 2.48 bits per heavy atom. The van der Waals surface area contributed by atoms with Gasteiger partial charge in [0.25, 0.3) is 0 Å². The zero-order valence-corrected chi connectivity index (χ0v) is 13.2. The van der Waals surface area contributed by atoms with Gasteiger partial charge in [-0.15, -0.1) is 0 Å². The fourth-order valence-electron chi connectivity index (χ4n) is 2.84. The van der Waals surface area contributed by atoms with E-state index in [0.29, 0.717) is 25.3 Å². The van der Waals surface area contributed by atoms with E-state index in [1.165, 1.54) is 4.90 Å². The van der Waals surface area contributed by atoms with Crippen molar-refractivity contribution < 1.29 is 19.6 Å². The summed E-state index contributed by atoms with van der Waals surface area (Å²) in [6.45, 7) is 6.21. The number of rotatable bonds is 7. The van der Waals surface area contributed by atoms with Crippen molar-refractivity contribution in [2.75, 3.05) is 6.54 Å². The second-order valence-electron chi connectivity index (χ2n) is 6.46. The summed E-state index contributed by atoms with van der Waals surface area (Å²) in [4.78, 5) is 25.9. The molecule has 3 atom stereocenters. The molecule has 0 spiro atoms. The van der Waals surface area contributed by atoms with Crippen molar-refractivity contribution in [1.82, 2.24) is 4.90 Å². The first kappa shape index (κ1) is 18.1. The first-order valence-corrected chi connectivity index (χ1v) is 7.69. The lowest BCUT2D eigenvalue weighted by Gasteiger charge is -2.27. The summed E-state index contributed by atoms with van der Waals surface area (Å²) in [6.07, 6.45) is 2.05. The van der Waals surface area contributed by atoms with Crippen LogP contribution in [0.5, 0.6) is 0 Å². The van der Waals surface area contributed by atoms with Gasteiger partial charge in [-0.25, -0.2) is 0 Å². The Kier molecular flexibility index (Phi) is 6.83. The molecule has 0 bridgehead atoms. The Balaban J connectivity index is 2.56. The van der Waals surface area contributed by atoms with Crippen molar-refractivity contribution in [3.8, 4) is 0 Å². The fourth-order valence-corrected chi connectivity index (χ4v) is 2.84. The second kappa shape index (κ2) is 7.91. The number of nitrogens with two attached hydrogens (primary N) is 1. The van der Waals surface area contributed by atoms with E-state index < -0.39 is 25.0 Å². The Hall–Kier alpha value is -0.915. The molecule has 21 heavy (non-hydrogen) atoms. The topological polar surface area (TPSA) is 104 Å². The van der Waals surface area contributed by atoms with Crippen LogP contribution in [-0.4, -0.2) is 52.3 Å². The summed E-state index contributed by atoms with van der Waals surface area (Å²) in [5, 5.41) is 18.6. The molecule has 0 radical (unpaired) electrons. The molecule has 4 N–H and O–H groups in total. The van der Waals surface area contributed by atoms with Gasteiger partial charge in [0.05, 0.1) is 12.0 Å². The third-order valence-electron chi connectivity index (χ3n) is 3.99. The van der Waals surface area contributed by atoms with Crippen LogP contribution >= 0.6 is 0 Å². The number of ketones is 1. The van der Waals surface area contributed by atoms with Crippen LogP contribution in [0.2, 0.25) is 0 Å². The first-order valence-electron chi connectivity index (χ1n) is 7.69. The van der Waals surface area contributed by atoms with Crippen LogP contribution in [0.1, 0.15) is 46.5 Å². The largest absolute Gasteiger partial charge is 0.475 e. The van der Waals surface area contributed by atoms with Crippen LogP contribution in [-0.2, 0) is 9.59 Å². The highest BCUT2D eigenvalue weighted by Gasteiger charge is 2.38. The SMILES string of the molecule is CC(C)CC(N)C(=O)CC(C)C(=O)N1CCCC1B(O)O. The smallest absolute Gasteiger partial charge is 0.426 e. The van der Waals surface area contributed by atoms with Gasteiger partial charge in [-0.05, 0) is 25.2 Å². The third-order valence-corrected chi connectivity index (χ3v) is 3.99. The highest BCUT2D eigenvalue weighted by molar-refractivity contribution is 6.43. The van der Waals surface area contributed by atoms with Crippen molar-refractivity contribution in [2.24, 2.45) is 17.6 Å². The van der Waals surface area contributed by atoms with E-state index in [9.17, 15) is 19.6 Å². The van der Waals surface area contributed by atoms with E-state index in [-0.39, 0.29) is 18.1 Å². The van der Waals surface area contributed by atoms with Gasteiger partial charge in [0.1, 0.15) is 5.78 Å². The van der Waals surface area contributed by atoms with Crippen LogP contribution in [0.25, 0.3) is 0 Å². The van der Waals surface area contributed by atoms with Crippen molar-refractivity contribution in [2.45, 2.75) is 58.4 Å². The molecule has 120 valence electrons. The van der Waals surface area contributed by atoms with Gasteiger partial charge in [-0.3, -0.25) is 9.59 Å². The van der Waals surface area contributed by atoms with Crippen molar-refractivity contribution in [3.05, 3.63) is 0 Å². The molecule has 7 heteroatoms. The minimum absolute atomic E-state index is 0.107. The third kappa shape index (κ3) is 5.09. The normalized spacial score (nSPS) is 21.5. The number of carbonyl (C=O) groups excluding carboxylic acids is 2. The van der Waals surface area contributed by atoms with E-state index >= 15 is 0 Å². The molecule has 6 nitrogen and oxygen atoms in total. The maximum atomic E-state index is 12.4. The number of amides is 1. The van der Waals surface area contributed by atoms with E-state index in [4.69, 9.17) is 5.73 Å². The first-order chi connectivity index (χ1) is 9.73. The van der Waals surface area contributed by atoms with Gasteiger partial charge >= 0.3 is 7.12 Å². The van der Waals surface area contributed by atoms with Crippen molar-refractivity contribution in [3.63, 3.8) is 0 Å². The molecule has 3 unspecified atom stereocenters. The van der Waals surface area contributed by atoms with Crippen LogP contribution < -0.4 is 5.73 Å². The number of likely N-dealkylation sites (tertiary alicyclic amines) is 1. The summed E-state index contributed by atoms with van der Waals surface area (Å²) < 4.78 is 0. The average molecular weight is 298 g/mol. The van der Waals surface area contributed by atoms with E-state index in [1.54, 1.807) is 6.92 Å². The maximum Gasteiger partial charge on any atom is 0.475 e. The van der Waals surface area contributed by atoms with Crippen LogP contribution in [0.3, 0.4) is 0 Å².